The topological polar surface area (TPSA) is 54.7 Å². The monoisotopic (exact) mass is 259 g/mol. The van der Waals surface area contributed by atoms with Crippen molar-refractivity contribution in [2.24, 2.45) is 0 Å². The third-order valence-electron chi connectivity index (χ3n) is 3.53. The number of hydrogen-bond donors (Lipinski definition) is 2. The van der Waals surface area contributed by atoms with Gasteiger partial charge in [0.25, 0.3) is 0 Å². The fraction of sp³-hybridized carbons (Fsp3) is 0. The van der Waals surface area contributed by atoms with Crippen LogP contribution in [0.1, 0.15) is 0 Å². The van der Waals surface area contributed by atoms with Crippen LogP contribution in [0.3, 0.4) is 0 Å². The number of nitrogens with one attached hydrogen (secondary N) is 1. The average Bonchev–Trinajstić information content (AvgIpc) is 2.88. The fourth-order valence-electron chi connectivity index (χ4n) is 2.47. The number of nitrogens with zero attached hydrogens (tertiary/aromatic N) is 1. The Hall–Kier alpha value is -2.81. The summed E-state index contributed by atoms with van der Waals surface area (Å²) in [6.07, 6.45) is 0. The summed E-state index contributed by atoms with van der Waals surface area (Å²) in [4.78, 5) is 8.04. The Morgan fingerprint density at radius 1 is 0.850 bits per heavy atom. The van der Waals surface area contributed by atoms with Crippen LogP contribution < -0.4 is 5.73 Å². The maximum absolute atomic E-state index is 5.72. The van der Waals surface area contributed by atoms with Crippen molar-refractivity contribution in [3.05, 3.63) is 60.7 Å². The van der Waals surface area contributed by atoms with Crippen LogP contribution in [-0.2, 0) is 0 Å². The van der Waals surface area contributed by atoms with Crippen LogP contribution in [-0.4, -0.2) is 9.97 Å². The zero-order valence-electron chi connectivity index (χ0n) is 10.8. The number of H-pyrrole nitrogens is 1. The summed E-state index contributed by atoms with van der Waals surface area (Å²) in [6, 6.07) is 20.3. The number of imidazole rings is 1. The first kappa shape index (κ1) is 11.1. The molecule has 0 saturated carbocycles. The summed E-state index contributed by atoms with van der Waals surface area (Å²) in [5.74, 6) is 0.871. The van der Waals surface area contributed by atoms with Crippen molar-refractivity contribution >= 4 is 27.5 Å². The van der Waals surface area contributed by atoms with Gasteiger partial charge in [0.15, 0.2) is 0 Å². The van der Waals surface area contributed by atoms with Gasteiger partial charge in [-0.15, -0.1) is 0 Å². The molecule has 1 aromatic heterocycles. The van der Waals surface area contributed by atoms with E-state index in [-0.39, 0.29) is 0 Å². The van der Waals surface area contributed by atoms with Gasteiger partial charge in [-0.1, -0.05) is 24.3 Å². The van der Waals surface area contributed by atoms with Crippen molar-refractivity contribution in [2.45, 2.75) is 0 Å². The van der Waals surface area contributed by atoms with Crippen LogP contribution in [0.4, 0.5) is 5.69 Å². The number of rotatable bonds is 1. The summed E-state index contributed by atoms with van der Waals surface area (Å²) in [5.41, 5.74) is 9.55. The van der Waals surface area contributed by atoms with Gasteiger partial charge in [0.2, 0.25) is 0 Å². The number of aromatic amines is 1. The highest BCUT2D eigenvalue weighted by Crippen LogP contribution is 2.25. The second-order valence-electron chi connectivity index (χ2n) is 4.92. The molecule has 0 aliphatic rings. The molecule has 0 saturated heterocycles. The molecule has 4 rings (SSSR count). The molecule has 96 valence electrons. The van der Waals surface area contributed by atoms with E-state index in [1.807, 2.05) is 36.4 Å². The molecule has 20 heavy (non-hydrogen) atoms. The van der Waals surface area contributed by atoms with E-state index in [0.29, 0.717) is 0 Å². The summed E-state index contributed by atoms with van der Waals surface area (Å²) in [5, 5.41) is 2.42. The summed E-state index contributed by atoms with van der Waals surface area (Å²) in [7, 11) is 0. The molecule has 0 amide bonds. The van der Waals surface area contributed by atoms with E-state index in [1.54, 1.807) is 0 Å². The first-order valence-electron chi connectivity index (χ1n) is 6.54. The fourth-order valence-corrected chi connectivity index (χ4v) is 2.47. The van der Waals surface area contributed by atoms with E-state index < -0.39 is 0 Å². The number of hydrogen-bond acceptors (Lipinski definition) is 2. The van der Waals surface area contributed by atoms with Gasteiger partial charge in [-0.2, -0.15) is 0 Å². The second kappa shape index (κ2) is 4.10. The minimum absolute atomic E-state index is 0.760. The number of fused-ring (bicyclic) bond motifs is 2. The van der Waals surface area contributed by atoms with Gasteiger partial charge < -0.3 is 10.7 Å². The Kier molecular flexibility index (Phi) is 2.27. The first-order valence-corrected chi connectivity index (χ1v) is 6.54. The van der Waals surface area contributed by atoms with E-state index in [1.165, 1.54) is 10.8 Å². The maximum atomic E-state index is 5.72. The predicted molar refractivity (Wildman–Crippen MR) is 83.4 cm³/mol. The Labute approximate surface area is 116 Å². The first-order chi connectivity index (χ1) is 9.79. The molecule has 0 aliphatic carbocycles. The van der Waals surface area contributed by atoms with Crippen molar-refractivity contribution in [3.8, 4) is 11.4 Å². The van der Waals surface area contributed by atoms with Gasteiger partial charge in [-0.05, 0) is 47.2 Å². The maximum Gasteiger partial charge on any atom is 0.138 e. The summed E-state index contributed by atoms with van der Waals surface area (Å²) < 4.78 is 0. The average molecular weight is 259 g/mol. The van der Waals surface area contributed by atoms with E-state index in [4.69, 9.17) is 5.73 Å². The van der Waals surface area contributed by atoms with Crippen LogP contribution in [0.15, 0.2) is 60.7 Å². The number of anilines is 1. The third kappa shape index (κ3) is 1.72. The number of nitrogen functional groups attached to an aromatic ring is 1. The van der Waals surface area contributed by atoms with Crippen LogP contribution in [0.2, 0.25) is 0 Å². The molecule has 0 atom stereocenters. The molecule has 0 bridgehead atoms. The van der Waals surface area contributed by atoms with Gasteiger partial charge in [0.1, 0.15) is 5.82 Å². The minimum atomic E-state index is 0.760. The molecule has 3 N–H and O–H groups in total. The molecular weight excluding hydrogens is 246 g/mol. The number of nitrogens with two attached hydrogens (primary N) is 1. The molecule has 3 aromatic carbocycles. The SMILES string of the molecule is Nc1ccc(-c2nc3cc4ccccc4cc3[nH]2)cc1. The Bertz CT molecular complexity index is 852. The smallest absolute Gasteiger partial charge is 0.138 e. The summed E-state index contributed by atoms with van der Waals surface area (Å²) >= 11 is 0. The van der Waals surface area contributed by atoms with E-state index in [9.17, 15) is 0 Å². The molecule has 0 radical (unpaired) electrons. The second-order valence-corrected chi connectivity index (χ2v) is 4.92. The molecule has 0 unspecified atom stereocenters. The van der Waals surface area contributed by atoms with Crippen molar-refractivity contribution in [1.82, 2.24) is 9.97 Å². The zero-order chi connectivity index (χ0) is 13.5. The minimum Gasteiger partial charge on any atom is -0.399 e. The largest absolute Gasteiger partial charge is 0.399 e. The van der Waals surface area contributed by atoms with Gasteiger partial charge >= 0.3 is 0 Å². The molecular formula is C17H13N3. The highest BCUT2D eigenvalue weighted by molar-refractivity contribution is 5.96. The van der Waals surface area contributed by atoms with Crippen LogP contribution >= 0.6 is 0 Å². The lowest BCUT2D eigenvalue weighted by atomic mass is 10.1. The van der Waals surface area contributed by atoms with Crippen molar-refractivity contribution in [2.75, 3.05) is 5.73 Å². The highest BCUT2D eigenvalue weighted by Gasteiger charge is 2.06. The van der Waals surface area contributed by atoms with Crippen LogP contribution in [0.5, 0.6) is 0 Å². The summed E-state index contributed by atoms with van der Waals surface area (Å²) in [6.45, 7) is 0. The molecule has 4 aromatic rings. The lowest BCUT2D eigenvalue weighted by Gasteiger charge is -1.96. The number of aromatic nitrogens is 2. The Morgan fingerprint density at radius 3 is 2.30 bits per heavy atom. The van der Waals surface area contributed by atoms with Crippen molar-refractivity contribution in [1.29, 1.82) is 0 Å². The van der Waals surface area contributed by atoms with E-state index in [2.05, 4.69) is 34.2 Å². The third-order valence-corrected chi connectivity index (χ3v) is 3.53. The number of benzene rings is 3. The quantitative estimate of drug-likeness (QED) is 0.508. The predicted octanol–water partition coefficient (Wildman–Crippen LogP) is 3.97. The normalized spacial score (nSPS) is 11.2. The lowest BCUT2D eigenvalue weighted by Crippen LogP contribution is -1.84. The van der Waals surface area contributed by atoms with Crippen molar-refractivity contribution < 1.29 is 0 Å². The Balaban J connectivity index is 1.93. The molecule has 0 fully saturated rings. The van der Waals surface area contributed by atoms with Crippen LogP contribution in [0.25, 0.3) is 33.2 Å². The molecule has 3 heteroatoms. The van der Waals surface area contributed by atoms with Gasteiger partial charge in [0, 0.05) is 11.3 Å². The molecule has 1 heterocycles. The van der Waals surface area contributed by atoms with Crippen molar-refractivity contribution in [3.63, 3.8) is 0 Å². The van der Waals surface area contributed by atoms with E-state index >= 15 is 0 Å². The van der Waals surface area contributed by atoms with Crippen LogP contribution in [0, 0.1) is 0 Å². The van der Waals surface area contributed by atoms with Gasteiger partial charge in [-0.25, -0.2) is 4.98 Å². The Morgan fingerprint density at radius 2 is 1.55 bits per heavy atom. The standard InChI is InChI=1S/C17H13N3/c18-14-7-5-11(6-8-14)17-19-15-9-12-3-1-2-4-13(12)10-16(15)20-17/h1-10H,18H2,(H,19,20). The zero-order valence-corrected chi connectivity index (χ0v) is 10.8. The molecule has 0 aliphatic heterocycles. The van der Waals surface area contributed by atoms with E-state index in [0.717, 1.165) is 28.1 Å². The lowest BCUT2D eigenvalue weighted by molar-refractivity contribution is 1.34. The molecule has 3 nitrogen and oxygen atoms in total. The van der Waals surface area contributed by atoms with Gasteiger partial charge in [0.05, 0.1) is 11.0 Å². The highest BCUT2D eigenvalue weighted by atomic mass is 14.9. The van der Waals surface area contributed by atoms with Gasteiger partial charge in [-0.3, -0.25) is 0 Å². The molecule has 0 spiro atoms.